The largest absolute Gasteiger partial charge is 0.370 e. The lowest BCUT2D eigenvalue weighted by Gasteiger charge is -2.18. The molecule has 2 rings (SSSR count). The van der Waals surface area contributed by atoms with Crippen molar-refractivity contribution in [1.29, 1.82) is 0 Å². The molecule has 0 saturated carbocycles. The molecule has 0 spiro atoms. The molecule has 0 radical (unpaired) electrons. The van der Waals surface area contributed by atoms with Crippen LogP contribution in [0.2, 0.25) is 0 Å². The van der Waals surface area contributed by atoms with Crippen molar-refractivity contribution >= 4 is 11.6 Å². The molecule has 1 fully saturated rings. The molecule has 0 amide bonds. The number of nitrogens with zero attached hydrogens (tertiary/aromatic N) is 3. The number of halogens is 1. The number of rotatable bonds is 3. The first-order valence-corrected chi connectivity index (χ1v) is 6.12. The van der Waals surface area contributed by atoms with Crippen LogP contribution in [-0.4, -0.2) is 26.7 Å². The van der Waals surface area contributed by atoms with Crippen LogP contribution in [0.25, 0.3) is 0 Å². The van der Waals surface area contributed by atoms with Gasteiger partial charge in [-0.05, 0) is 33.6 Å². The summed E-state index contributed by atoms with van der Waals surface area (Å²) in [6.07, 6.45) is 4.33. The summed E-state index contributed by atoms with van der Waals surface area (Å²) < 4.78 is 7.72. The Labute approximate surface area is 101 Å². The molecule has 0 bridgehead atoms. The molecule has 5 heteroatoms. The van der Waals surface area contributed by atoms with Crippen LogP contribution in [-0.2, 0) is 11.3 Å². The van der Waals surface area contributed by atoms with Crippen molar-refractivity contribution in [1.82, 2.24) is 15.0 Å². The van der Waals surface area contributed by atoms with Crippen LogP contribution in [0.3, 0.4) is 0 Å². The summed E-state index contributed by atoms with van der Waals surface area (Å²) in [5, 5.41) is 7.98. The summed E-state index contributed by atoms with van der Waals surface area (Å²) in [5.41, 5.74) is 0.826. The molecule has 1 saturated heterocycles. The minimum absolute atomic E-state index is 0.00779. The molecule has 4 nitrogen and oxygen atoms in total. The standard InChI is InChI=1S/C11H18ClN3O/c1-8(12)10-7-15(14-13-10)6-9-4-5-11(2,3)16-9/h7-9H,4-6H2,1-3H3. The lowest BCUT2D eigenvalue weighted by molar-refractivity contribution is -0.0231. The second-order valence-electron chi connectivity index (χ2n) is 5.02. The van der Waals surface area contributed by atoms with E-state index >= 15 is 0 Å². The number of aromatic nitrogens is 3. The molecule has 0 N–H and O–H groups in total. The maximum Gasteiger partial charge on any atom is 0.100 e. The fourth-order valence-electron chi connectivity index (χ4n) is 2.00. The van der Waals surface area contributed by atoms with E-state index in [1.807, 2.05) is 17.8 Å². The molecular weight excluding hydrogens is 226 g/mol. The Morgan fingerprint density at radius 2 is 2.44 bits per heavy atom. The van der Waals surface area contributed by atoms with Crippen LogP contribution in [0.5, 0.6) is 0 Å². The quantitative estimate of drug-likeness (QED) is 0.766. The van der Waals surface area contributed by atoms with Gasteiger partial charge < -0.3 is 4.74 Å². The molecule has 1 aromatic rings. The van der Waals surface area contributed by atoms with Gasteiger partial charge in [-0.2, -0.15) is 0 Å². The normalized spacial score (nSPS) is 25.9. The van der Waals surface area contributed by atoms with E-state index < -0.39 is 0 Å². The van der Waals surface area contributed by atoms with Crippen molar-refractivity contribution in [3.05, 3.63) is 11.9 Å². The maximum atomic E-state index is 5.93. The molecule has 2 unspecified atom stereocenters. The highest BCUT2D eigenvalue weighted by Gasteiger charge is 2.31. The van der Waals surface area contributed by atoms with E-state index in [0.717, 1.165) is 25.1 Å². The Hall–Kier alpha value is -0.610. The monoisotopic (exact) mass is 243 g/mol. The molecule has 1 aromatic heterocycles. The first-order valence-electron chi connectivity index (χ1n) is 5.68. The predicted octanol–water partition coefficient (Wildman–Crippen LogP) is 2.54. The van der Waals surface area contributed by atoms with E-state index in [1.54, 1.807) is 0 Å². The van der Waals surface area contributed by atoms with Gasteiger partial charge in [0.2, 0.25) is 0 Å². The van der Waals surface area contributed by atoms with Crippen LogP contribution < -0.4 is 0 Å². The van der Waals surface area contributed by atoms with Gasteiger partial charge in [0, 0.05) is 0 Å². The summed E-state index contributed by atoms with van der Waals surface area (Å²) in [6, 6.07) is 0. The van der Waals surface area contributed by atoms with Gasteiger partial charge in [-0.15, -0.1) is 16.7 Å². The number of hydrogen-bond donors (Lipinski definition) is 0. The third kappa shape index (κ3) is 2.74. The molecular formula is C11H18ClN3O. The molecule has 1 aliphatic rings. The zero-order chi connectivity index (χ0) is 11.8. The Bertz CT molecular complexity index is 362. The molecule has 1 aliphatic heterocycles. The maximum absolute atomic E-state index is 5.93. The highest BCUT2D eigenvalue weighted by atomic mass is 35.5. The molecule has 2 heterocycles. The van der Waals surface area contributed by atoms with E-state index in [1.165, 1.54) is 0 Å². The Balaban J connectivity index is 1.94. The highest BCUT2D eigenvalue weighted by molar-refractivity contribution is 6.20. The average molecular weight is 244 g/mol. The van der Waals surface area contributed by atoms with Gasteiger partial charge in [-0.25, -0.2) is 4.68 Å². The minimum atomic E-state index is -0.0883. The van der Waals surface area contributed by atoms with Gasteiger partial charge in [-0.1, -0.05) is 5.21 Å². The van der Waals surface area contributed by atoms with E-state index in [-0.39, 0.29) is 17.1 Å². The first kappa shape index (κ1) is 11.9. The van der Waals surface area contributed by atoms with Crippen molar-refractivity contribution in [2.45, 2.75) is 57.2 Å². The topological polar surface area (TPSA) is 39.9 Å². The van der Waals surface area contributed by atoms with Crippen molar-refractivity contribution in [3.63, 3.8) is 0 Å². The summed E-state index contributed by atoms with van der Waals surface area (Å²) in [5.74, 6) is 0. The fraction of sp³-hybridized carbons (Fsp3) is 0.818. The van der Waals surface area contributed by atoms with Crippen molar-refractivity contribution in [2.24, 2.45) is 0 Å². The van der Waals surface area contributed by atoms with Crippen molar-refractivity contribution in [2.75, 3.05) is 0 Å². The fourth-order valence-corrected chi connectivity index (χ4v) is 2.10. The lowest BCUT2D eigenvalue weighted by atomic mass is 10.1. The van der Waals surface area contributed by atoms with Gasteiger partial charge >= 0.3 is 0 Å². The smallest absolute Gasteiger partial charge is 0.100 e. The molecule has 16 heavy (non-hydrogen) atoms. The van der Waals surface area contributed by atoms with Crippen LogP contribution in [0.4, 0.5) is 0 Å². The SMILES string of the molecule is CC(Cl)c1cn(CC2CCC(C)(C)O2)nn1. The zero-order valence-corrected chi connectivity index (χ0v) is 10.7. The van der Waals surface area contributed by atoms with Crippen LogP contribution in [0.1, 0.15) is 44.7 Å². The van der Waals surface area contributed by atoms with Gasteiger partial charge in [0.25, 0.3) is 0 Å². The number of alkyl halides is 1. The Kier molecular flexibility index (Phi) is 3.22. The zero-order valence-electron chi connectivity index (χ0n) is 9.98. The molecule has 2 atom stereocenters. The van der Waals surface area contributed by atoms with Crippen molar-refractivity contribution < 1.29 is 4.74 Å². The Morgan fingerprint density at radius 1 is 1.69 bits per heavy atom. The third-order valence-electron chi connectivity index (χ3n) is 2.91. The highest BCUT2D eigenvalue weighted by Crippen LogP contribution is 2.30. The van der Waals surface area contributed by atoms with Crippen LogP contribution in [0.15, 0.2) is 6.20 Å². The number of ether oxygens (including phenoxy) is 1. The summed E-state index contributed by atoms with van der Waals surface area (Å²) in [4.78, 5) is 0. The van der Waals surface area contributed by atoms with E-state index in [2.05, 4.69) is 24.2 Å². The van der Waals surface area contributed by atoms with Gasteiger partial charge in [-0.3, -0.25) is 0 Å². The van der Waals surface area contributed by atoms with E-state index in [4.69, 9.17) is 16.3 Å². The molecule has 0 aromatic carbocycles. The number of hydrogen-bond acceptors (Lipinski definition) is 3. The predicted molar refractivity (Wildman–Crippen MR) is 62.5 cm³/mol. The average Bonchev–Trinajstić information content (AvgIpc) is 2.73. The van der Waals surface area contributed by atoms with Gasteiger partial charge in [0.05, 0.1) is 29.8 Å². The van der Waals surface area contributed by atoms with E-state index in [0.29, 0.717) is 0 Å². The van der Waals surface area contributed by atoms with Crippen LogP contribution in [0, 0.1) is 0 Å². The van der Waals surface area contributed by atoms with Crippen LogP contribution >= 0.6 is 11.6 Å². The summed E-state index contributed by atoms with van der Waals surface area (Å²) in [6.45, 7) is 6.91. The van der Waals surface area contributed by atoms with Gasteiger partial charge in [0.1, 0.15) is 5.69 Å². The molecule has 0 aliphatic carbocycles. The lowest BCUT2D eigenvalue weighted by Crippen LogP contribution is -2.23. The van der Waals surface area contributed by atoms with Gasteiger partial charge in [0.15, 0.2) is 0 Å². The molecule has 90 valence electrons. The van der Waals surface area contributed by atoms with Crippen molar-refractivity contribution in [3.8, 4) is 0 Å². The minimum Gasteiger partial charge on any atom is -0.370 e. The van der Waals surface area contributed by atoms with E-state index in [9.17, 15) is 0 Å². The Morgan fingerprint density at radius 3 is 2.94 bits per heavy atom. The first-order chi connectivity index (χ1) is 7.46. The second-order valence-corrected chi connectivity index (χ2v) is 5.67. The third-order valence-corrected chi connectivity index (χ3v) is 3.13. The summed E-state index contributed by atoms with van der Waals surface area (Å²) in [7, 11) is 0. The summed E-state index contributed by atoms with van der Waals surface area (Å²) >= 11 is 5.93. The second kappa shape index (κ2) is 4.34.